The Labute approximate surface area is 64.6 Å². The molecule has 0 N–H and O–H groups in total. The number of ether oxygens (including phenoxy) is 1. The van der Waals surface area contributed by atoms with Gasteiger partial charge in [-0.2, -0.15) is 11.3 Å². The zero-order valence-electron chi connectivity index (χ0n) is 5.76. The number of thiophene rings is 1. The first kappa shape index (κ1) is 7.33. The first-order chi connectivity index (χ1) is 4.93. The Morgan fingerprint density at radius 2 is 2.60 bits per heavy atom. The highest BCUT2D eigenvalue weighted by molar-refractivity contribution is 7.08. The average molecular weight is 152 g/mol. The Bertz CT molecular complexity index is 228. The summed E-state index contributed by atoms with van der Waals surface area (Å²) in [7, 11) is 1.64. The van der Waals surface area contributed by atoms with Gasteiger partial charge in [-0.3, -0.25) is 0 Å². The Kier molecular flexibility index (Phi) is 3.01. The van der Waals surface area contributed by atoms with Gasteiger partial charge < -0.3 is 4.74 Å². The van der Waals surface area contributed by atoms with Gasteiger partial charge in [0.05, 0.1) is 0 Å². The van der Waals surface area contributed by atoms with Crippen LogP contribution in [-0.2, 0) is 4.74 Å². The highest BCUT2D eigenvalue weighted by Crippen LogP contribution is 2.02. The van der Waals surface area contributed by atoms with Crippen molar-refractivity contribution in [3.63, 3.8) is 0 Å². The van der Waals surface area contributed by atoms with E-state index in [0.29, 0.717) is 6.61 Å². The van der Waals surface area contributed by atoms with Crippen LogP contribution < -0.4 is 0 Å². The van der Waals surface area contributed by atoms with Crippen molar-refractivity contribution in [2.45, 2.75) is 0 Å². The Morgan fingerprint density at radius 3 is 3.20 bits per heavy atom. The average Bonchev–Trinajstić information content (AvgIpc) is 2.41. The molecule has 0 spiro atoms. The molecule has 1 nitrogen and oxygen atoms in total. The lowest BCUT2D eigenvalue weighted by molar-refractivity contribution is 0.240. The summed E-state index contributed by atoms with van der Waals surface area (Å²) in [5.41, 5.74) is 1.07. The monoisotopic (exact) mass is 152 g/mol. The first-order valence-electron chi connectivity index (χ1n) is 2.93. The zero-order valence-corrected chi connectivity index (χ0v) is 6.57. The van der Waals surface area contributed by atoms with Crippen molar-refractivity contribution in [2.24, 2.45) is 0 Å². The van der Waals surface area contributed by atoms with Crippen LogP contribution in [0.1, 0.15) is 5.56 Å². The van der Waals surface area contributed by atoms with Crippen LogP contribution in [0.4, 0.5) is 0 Å². The van der Waals surface area contributed by atoms with Gasteiger partial charge in [0.2, 0.25) is 0 Å². The molecule has 0 atom stereocenters. The highest BCUT2D eigenvalue weighted by Gasteiger charge is 1.81. The summed E-state index contributed by atoms with van der Waals surface area (Å²) in [6.45, 7) is 0.510. The van der Waals surface area contributed by atoms with E-state index < -0.39 is 0 Å². The summed E-state index contributed by atoms with van der Waals surface area (Å²) in [5.74, 6) is 5.83. The van der Waals surface area contributed by atoms with Crippen LogP contribution in [0.15, 0.2) is 16.8 Å². The molecule has 1 heterocycles. The van der Waals surface area contributed by atoms with Gasteiger partial charge in [0.15, 0.2) is 0 Å². The molecular formula is C8H8OS. The van der Waals surface area contributed by atoms with Gasteiger partial charge in [-0.15, -0.1) is 0 Å². The van der Waals surface area contributed by atoms with E-state index in [1.54, 1.807) is 18.4 Å². The SMILES string of the molecule is COCC#Cc1ccsc1. The maximum atomic E-state index is 4.77. The van der Waals surface area contributed by atoms with Crippen LogP contribution in [0, 0.1) is 11.8 Å². The molecule has 1 aromatic heterocycles. The summed E-state index contributed by atoms with van der Waals surface area (Å²) in [6.07, 6.45) is 0. The summed E-state index contributed by atoms with van der Waals surface area (Å²) in [5, 5.41) is 4.03. The molecule has 52 valence electrons. The van der Waals surface area contributed by atoms with Crippen molar-refractivity contribution >= 4 is 11.3 Å². The number of hydrogen-bond acceptors (Lipinski definition) is 2. The van der Waals surface area contributed by atoms with Crippen molar-refractivity contribution < 1.29 is 4.74 Å². The Balaban J connectivity index is 2.49. The molecule has 0 fully saturated rings. The molecule has 0 saturated carbocycles. The molecule has 1 aromatic rings. The molecule has 0 aromatic carbocycles. The minimum absolute atomic E-state index is 0.510. The highest BCUT2D eigenvalue weighted by atomic mass is 32.1. The second kappa shape index (κ2) is 4.10. The normalized spacial score (nSPS) is 8.50. The summed E-state index contributed by atoms with van der Waals surface area (Å²) in [6, 6.07) is 1.99. The molecule has 0 aliphatic carbocycles. The van der Waals surface area contributed by atoms with Crippen LogP contribution in [0.25, 0.3) is 0 Å². The number of methoxy groups -OCH3 is 1. The van der Waals surface area contributed by atoms with Gasteiger partial charge >= 0.3 is 0 Å². The third kappa shape index (κ3) is 2.22. The molecule has 0 radical (unpaired) electrons. The van der Waals surface area contributed by atoms with E-state index in [4.69, 9.17) is 4.74 Å². The van der Waals surface area contributed by atoms with E-state index in [1.807, 2.05) is 16.8 Å². The molecule has 10 heavy (non-hydrogen) atoms. The first-order valence-corrected chi connectivity index (χ1v) is 3.88. The van der Waals surface area contributed by atoms with Crippen molar-refractivity contribution in [3.8, 4) is 11.8 Å². The van der Waals surface area contributed by atoms with E-state index in [1.165, 1.54) is 0 Å². The van der Waals surface area contributed by atoms with Gasteiger partial charge in [0.25, 0.3) is 0 Å². The van der Waals surface area contributed by atoms with Crippen molar-refractivity contribution in [3.05, 3.63) is 22.4 Å². The van der Waals surface area contributed by atoms with Crippen LogP contribution in [-0.4, -0.2) is 13.7 Å². The van der Waals surface area contributed by atoms with Crippen LogP contribution in [0.5, 0.6) is 0 Å². The Morgan fingerprint density at radius 1 is 1.70 bits per heavy atom. The lowest BCUT2D eigenvalue weighted by atomic mass is 10.3. The number of hydrogen-bond donors (Lipinski definition) is 0. The minimum atomic E-state index is 0.510. The molecule has 0 aliphatic heterocycles. The molecule has 0 saturated heterocycles. The fraction of sp³-hybridized carbons (Fsp3) is 0.250. The topological polar surface area (TPSA) is 9.23 Å². The third-order valence-corrected chi connectivity index (χ3v) is 1.65. The molecule has 2 heteroatoms. The van der Waals surface area contributed by atoms with E-state index in [9.17, 15) is 0 Å². The molecule has 0 unspecified atom stereocenters. The second-order valence-corrected chi connectivity index (χ2v) is 2.53. The molecule has 1 rings (SSSR count). The summed E-state index contributed by atoms with van der Waals surface area (Å²) < 4.78 is 4.77. The smallest absolute Gasteiger partial charge is 0.107 e. The van der Waals surface area contributed by atoms with E-state index in [-0.39, 0.29) is 0 Å². The molecule has 0 amide bonds. The molecular weight excluding hydrogens is 144 g/mol. The molecule has 0 bridgehead atoms. The van der Waals surface area contributed by atoms with Crippen molar-refractivity contribution in [1.29, 1.82) is 0 Å². The zero-order chi connectivity index (χ0) is 7.23. The largest absolute Gasteiger partial charge is 0.372 e. The van der Waals surface area contributed by atoms with Gasteiger partial charge in [-0.1, -0.05) is 11.8 Å². The van der Waals surface area contributed by atoms with Gasteiger partial charge in [-0.05, 0) is 11.4 Å². The predicted octanol–water partition coefficient (Wildman–Crippen LogP) is 1.75. The van der Waals surface area contributed by atoms with Gasteiger partial charge in [-0.25, -0.2) is 0 Å². The quantitative estimate of drug-likeness (QED) is 0.557. The maximum absolute atomic E-state index is 4.77. The summed E-state index contributed by atoms with van der Waals surface area (Å²) >= 11 is 1.65. The summed E-state index contributed by atoms with van der Waals surface area (Å²) in [4.78, 5) is 0. The standard InChI is InChI=1S/C8H8OS/c1-9-5-2-3-8-4-6-10-7-8/h4,6-7H,5H2,1H3. The number of rotatable bonds is 1. The van der Waals surface area contributed by atoms with E-state index in [0.717, 1.165) is 5.56 Å². The minimum Gasteiger partial charge on any atom is -0.372 e. The lowest BCUT2D eigenvalue weighted by Crippen LogP contribution is -1.80. The van der Waals surface area contributed by atoms with Gasteiger partial charge in [0, 0.05) is 18.1 Å². The molecule has 0 aliphatic rings. The van der Waals surface area contributed by atoms with Crippen LogP contribution >= 0.6 is 11.3 Å². The van der Waals surface area contributed by atoms with Crippen LogP contribution in [0.3, 0.4) is 0 Å². The van der Waals surface area contributed by atoms with Crippen molar-refractivity contribution in [2.75, 3.05) is 13.7 Å². The maximum Gasteiger partial charge on any atom is 0.107 e. The third-order valence-electron chi connectivity index (χ3n) is 0.970. The van der Waals surface area contributed by atoms with E-state index >= 15 is 0 Å². The van der Waals surface area contributed by atoms with Crippen molar-refractivity contribution in [1.82, 2.24) is 0 Å². The Hall–Kier alpha value is -0.780. The predicted molar refractivity (Wildman–Crippen MR) is 43.1 cm³/mol. The fourth-order valence-corrected chi connectivity index (χ4v) is 1.13. The fourth-order valence-electron chi connectivity index (χ4n) is 0.546. The van der Waals surface area contributed by atoms with Crippen LogP contribution in [0.2, 0.25) is 0 Å². The second-order valence-electron chi connectivity index (χ2n) is 1.75. The van der Waals surface area contributed by atoms with E-state index in [2.05, 4.69) is 11.8 Å². The lowest BCUT2D eigenvalue weighted by Gasteiger charge is -1.80. The van der Waals surface area contributed by atoms with Gasteiger partial charge in [0.1, 0.15) is 6.61 Å².